The number of nitrogens with one attached hydrogen (secondary N) is 1. The van der Waals surface area contributed by atoms with Crippen molar-refractivity contribution in [3.63, 3.8) is 0 Å². The lowest BCUT2D eigenvalue weighted by molar-refractivity contribution is -0.119. The molecule has 1 N–H and O–H groups in total. The molecule has 0 fully saturated rings. The quantitative estimate of drug-likeness (QED) is 0.933. The van der Waals surface area contributed by atoms with E-state index < -0.39 is 5.82 Å². The molecule has 25 heavy (non-hydrogen) atoms. The lowest BCUT2D eigenvalue weighted by atomic mass is 10.1. The fraction of sp³-hybridized carbons (Fsp3) is 0.263. The largest absolute Gasteiger partial charge is 0.496 e. The van der Waals surface area contributed by atoms with Gasteiger partial charge in [-0.25, -0.2) is 4.39 Å². The third kappa shape index (κ3) is 3.47. The van der Waals surface area contributed by atoms with Gasteiger partial charge in [0.05, 0.1) is 30.8 Å². The molecule has 0 unspecified atom stereocenters. The molecule has 0 saturated carbocycles. The highest BCUT2D eigenvalue weighted by atomic mass is 19.1. The number of halogens is 1. The van der Waals surface area contributed by atoms with Gasteiger partial charge in [-0.2, -0.15) is 0 Å². The topological polar surface area (TPSA) is 58.6 Å². The molecule has 0 aromatic heterocycles. The monoisotopic (exact) mass is 342 g/mol. The van der Waals surface area contributed by atoms with E-state index in [1.165, 1.54) is 25.3 Å². The molecule has 6 heteroatoms. The summed E-state index contributed by atoms with van der Waals surface area (Å²) in [6.45, 7) is 2.03. The van der Waals surface area contributed by atoms with Crippen LogP contribution in [0.4, 0.5) is 15.8 Å². The predicted molar refractivity (Wildman–Crippen MR) is 93.2 cm³/mol. The fourth-order valence-electron chi connectivity index (χ4n) is 2.91. The Kier molecular flexibility index (Phi) is 4.70. The van der Waals surface area contributed by atoms with Gasteiger partial charge in [-0.3, -0.25) is 9.59 Å². The number of amides is 2. The minimum absolute atomic E-state index is 0.0177. The van der Waals surface area contributed by atoms with Crippen LogP contribution < -0.4 is 15.0 Å². The summed E-state index contributed by atoms with van der Waals surface area (Å²) in [5, 5.41) is 2.84. The molecule has 1 heterocycles. The van der Waals surface area contributed by atoms with Crippen molar-refractivity contribution < 1.29 is 18.7 Å². The lowest BCUT2D eigenvalue weighted by Crippen LogP contribution is -2.36. The molecule has 130 valence electrons. The Balaban J connectivity index is 1.94. The van der Waals surface area contributed by atoms with Crippen molar-refractivity contribution in [2.75, 3.05) is 23.9 Å². The van der Waals surface area contributed by atoms with Crippen LogP contribution in [0.25, 0.3) is 0 Å². The van der Waals surface area contributed by atoms with Crippen molar-refractivity contribution in [2.24, 2.45) is 5.92 Å². The smallest absolute Gasteiger partial charge is 0.231 e. The molecule has 0 spiro atoms. The summed E-state index contributed by atoms with van der Waals surface area (Å²) >= 11 is 0. The molecule has 1 aliphatic rings. The fourth-order valence-corrected chi connectivity index (χ4v) is 2.91. The minimum atomic E-state index is -0.426. The van der Waals surface area contributed by atoms with Crippen LogP contribution in [0.3, 0.4) is 0 Å². The van der Waals surface area contributed by atoms with E-state index in [9.17, 15) is 14.0 Å². The summed E-state index contributed by atoms with van der Waals surface area (Å²) in [7, 11) is 1.48. The van der Waals surface area contributed by atoms with Crippen LogP contribution in [-0.4, -0.2) is 25.5 Å². The number of para-hydroxylation sites is 2. The van der Waals surface area contributed by atoms with Gasteiger partial charge < -0.3 is 15.0 Å². The second-order valence-corrected chi connectivity index (χ2v) is 6.04. The maximum atomic E-state index is 13.6. The van der Waals surface area contributed by atoms with Crippen LogP contribution in [0.5, 0.6) is 5.75 Å². The Bertz CT molecular complexity index is 822. The van der Waals surface area contributed by atoms with Gasteiger partial charge in [-0.05, 0) is 30.3 Å². The summed E-state index contributed by atoms with van der Waals surface area (Å²) < 4.78 is 18.8. The molecule has 2 amide bonds. The summed E-state index contributed by atoms with van der Waals surface area (Å²) in [6, 6.07) is 11.2. The van der Waals surface area contributed by atoms with Crippen LogP contribution in [0.1, 0.15) is 12.5 Å². The van der Waals surface area contributed by atoms with Crippen molar-refractivity contribution in [1.82, 2.24) is 0 Å². The zero-order chi connectivity index (χ0) is 18.0. The molecule has 5 nitrogen and oxygen atoms in total. The molecule has 2 aromatic carbocycles. The number of anilines is 2. The van der Waals surface area contributed by atoms with Crippen LogP contribution in [0.15, 0.2) is 42.5 Å². The molecule has 1 atom stereocenters. The number of carbonyl (C=O) groups excluding carboxylic acids is 2. The van der Waals surface area contributed by atoms with Gasteiger partial charge in [-0.15, -0.1) is 0 Å². The molecule has 0 radical (unpaired) electrons. The van der Waals surface area contributed by atoms with E-state index in [-0.39, 0.29) is 30.7 Å². The van der Waals surface area contributed by atoms with E-state index in [0.717, 1.165) is 0 Å². The van der Waals surface area contributed by atoms with Crippen LogP contribution in [-0.2, 0) is 16.0 Å². The van der Waals surface area contributed by atoms with E-state index >= 15 is 0 Å². The van der Waals surface area contributed by atoms with E-state index in [4.69, 9.17) is 4.74 Å². The number of nitrogens with zero attached hydrogens (tertiary/aromatic N) is 1. The van der Waals surface area contributed by atoms with Gasteiger partial charge in [-0.1, -0.05) is 19.1 Å². The summed E-state index contributed by atoms with van der Waals surface area (Å²) in [5.74, 6) is -0.679. The molecule has 0 saturated heterocycles. The Morgan fingerprint density at radius 3 is 2.84 bits per heavy atom. The molecule has 2 aromatic rings. The van der Waals surface area contributed by atoms with Gasteiger partial charge in [0.15, 0.2) is 0 Å². The van der Waals surface area contributed by atoms with Crippen LogP contribution in [0.2, 0.25) is 0 Å². The minimum Gasteiger partial charge on any atom is -0.496 e. The highest BCUT2D eigenvalue weighted by Crippen LogP contribution is 2.31. The molecule has 1 aliphatic heterocycles. The molecular weight excluding hydrogens is 323 g/mol. The van der Waals surface area contributed by atoms with E-state index in [1.807, 2.05) is 6.07 Å². The second kappa shape index (κ2) is 6.93. The molecule has 3 rings (SSSR count). The lowest BCUT2D eigenvalue weighted by Gasteiger charge is -2.24. The van der Waals surface area contributed by atoms with Crippen molar-refractivity contribution in [2.45, 2.75) is 13.3 Å². The number of carbonyl (C=O) groups is 2. The van der Waals surface area contributed by atoms with Crippen molar-refractivity contribution in [3.05, 3.63) is 53.8 Å². The first kappa shape index (κ1) is 17.0. The highest BCUT2D eigenvalue weighted by molar-refractivity contribution is 6.05. The second-order valence-electron chi connectivity index (χ2n) is 6.04. The van der Waals surface area contributed by atoms with Crippen molar-refractivity contribution >= 4 is 23.2 Å². The van der Waals surface area contributed by atoms with Crippen molar-refractivity contribution in [1.29, 1.82) is 0 Å². The average Bonchev–Trinajstić information content (AvgIpc) is 2.72. The number of methoxy groups -OCH3 is 1. The Morgan fingerprint density at radius 1 is 1.32 bits per heavy atom. The SMILES string of the molecule is COc1ccc(F)cc1CC(=O)N1C[C@H](C)C(=O)Nc2ccccc21. The maximum absolute atomic E-state index is 13.6. The van der Waals surface area contributed by atoms with Gasteiger partial charge in [0, 0.05) is 12.1 Å². The average molecular weight is 342 g/mol. The van der Waals surface area contributed by atoms with Gasteiger partial charge in [0.1, 0.15) is 11.6 Å². The summed E-state index contributed by atoms with van der Waals surface area (Å²) in [6.07, 6.45) is -0.0177. The molecule has 0 bridgehead atoms. The summed E-state index contributed by atoms with van der Waals surface area (Å²) in [5.41, 5.74) is 1.71. The van der Waals surface area contributed by atoms with Gasteiger partial charge in [0.25, 0.3) is 0 Å². The summed E-state index contributed by atoms with van der Waals surface area (Å²) in [4.78, 5) is 26.6. The van der Waals surface area contributed by atoms with E-state index in [2.05, 4.69) is 5.32 Å². The first-order valence-electron chi connectivity index (χ1n) is 8.02. The van der Waals surface area contributed by atoms with Gasteiger partial charge in [0.2, 0.25) is 11.8 Å². The highest BCUT2D eigenvalue weighted by Gasteiger charge is 2.28. The number of fused-ring (bicyclic) bond motifs is 1. The normalized spacial score (nSPS) is 16.7. The Labute approximate surface area is 145 Å². The Hall–Kier alpha value is -2.89. The van der Waals surface area contributed by atoms with E-state index in [0.29, 0.717) is 22.7 Å². The zero-order valence-corrected chi connectivity index (χ0v) is 14.1. The number of hydrogen-bond acceptors (Lipinski definition) is 3. The van der Waals surface area contributed by atoms with Crippen LogP contribution >= 0.6 is 0 Å². The standard InChI is InChI=1S/C19H19FN2O3/c1-12-11-22(16-6-4-3-5-15(16)21-19(12)24)18(23)10-13-9-14(20)7-8-17(13)25-2/h3-9,12H,10-11H2,1-2H3,(H,21,24)/t12-/m0/s1. The van der Waals surface area contributed by atoms with E-state index in [1.54, 1.807) is 30.0 Å². The maximum Gasteiger partial charge on any atom is 0.231 e. The Morgan fingerprint density at radius 2 is 2.08 bits per heavy atom. The third-order valence-electron chi connectivity index (χ3n) is 4.24. The molecular formula is C19H19FN2O3. The third-order valence-corrected chi connectivity index (χ3v) is 4.24. The number of benzene rings is 2. The molecule has 0 aliphatic carbocycles. The zero-order valence-electron chi connectivity index (χ0n) is 14.1. The van der Waals surface area contributed by atoms with Crippen molar-refractivity contribution in [3.8, 4) is 5.75 Å². The number of ether oxygens (including phenoxy) is 1. The van der Waals surface area contributed by atoms with Crippen LogP contribution in [0, 0.1) is 11.7 Å². The first-order chi connectivity index (χ1) is 12.0. The number of hydrogen-bond donors (Lipinski definition) is 1. The predicted octanol–water partition coefficient (Wildman–Crippen LogP) is 3.00. The number of rotatable bonds is 3. The first-order valence-corrected chi connectivity index (χ1v) is 8.02. The van der Waals surface area contributed by atoms with Gasteiger partial charge >= 0.3 is 0 Å².